The molecule has 0 fully saturated rings. The minimum atomic E-state index is -0.426. The molecule has 0 saturated heterocycles. The van der Waals surface area contributed by atoms with E-state index in [0.717, 1.165) is 6.20 Å². The first-order valence-electron chi connectivity index (χ1n) is 4.82. The van der Waals surface area contributed by atoms with E-state index < -0.39 is 5.82 Å². The van der Waals surface area contributed by atoms with E-state index >= 15 is 0 Å². The Kier molecular flexibility index (Phi) is 3.68. The van der Waals surface area contributed by atoms with Gasteiger partial charge in [0.25, 0.3) is 0 Å². The van der Waals surface area contributed by atoms with Crippen molar-refractivity contribution in [3.8, 4) is 5.75 Å². The van der Waals surface area contributed by atoms with Gasteiger partial charge < -0.3 is 4.74 Å². The number of rotatable bonds is 3. The smallest absolute Gasteiger partial charge is 0.141 e. The Balaban J connectivity index is 2.09. The van der Waals surface area contributed by atoms with Crippen molar-refractivity contribution in [3.63, 3.8) is 0 Å². The molecule has 88 valence electrons. The largest absolute Gasteiger partial charge is 0.488 e. The molecule has 0 bridgehead atoms. The third-order valence-electron chi connectivity index (χ3n) is 2.05. The molecule has 0 radical (unpaired) electrons. The first-order valence-corrected chi connectivity index (χ1v) is 5.62. The maximum absolute atomic E-state index is 13.0. The zero-order valence-electron chi connectivity index (χ0n) is 8.66. The van der Waals surface area contributed by atoms with E-state index in [9.17, 15) is 8.78 Å². The maximum atomic E-state index is 13.0. The van der Waals surface area contributed by atoms with E-state index in [1.807, 2.05) is 0 Å². The van der Waals surface area contributed by atoms with Crippen molar-refractivity contribution in [2.24, 2.45) is 0 Å². The first kappa shape index (κ1) is 12.0. The average molecular weight is 300 g/mol. The quantitative estimate of drug-likeness (QED) is 0.862. The van der Waals surface area contributed by atoms with Gasteiger partial charge in [0.05, 0.1) is 10.7 Å². The lowest BCUT2D eigenvalue weighted by Crippen LogP contribution is -1.97. The minimum absolute atomic E-state index is 0.132. The second-order valence-corrected chi connectivity index (χ2v) is 4.23. The molecule has 17 heavy (non-hydrogen) atoms. The Morgan fingerprint density at radius 1 is 1.12 bits per heavy atom. The van der Waals surface area contributed by atoms with Crippen molar-refractivity contribution in [1.29, 1.82) is 0 Å². The molecule has 0 saturated carbocycles. The fourth-order valence-electron chi connectivity index (χ4n) is 1.28. The van der Waals surface area contributed by atoms with Gasteiger partial charge in [-0.1, -0.05) is 0 Å². The summed E-state index contributed by atoms with van der Waals surface area (Å²) in [4.78, 5) is 3.70. The number of hydrogen-bond acceptors (Lipinski definition) is 2. The summed E-state index contributed by atoms with van der Waals surface area (Å²) in [5.74, 6) is -0.445. The molecule has 2 aromatic rings. The van der Waals surface area contributed by atoms with Gasteiger partial charge in [0.1, 0.15) is 24.0 Å². The Morgan fingerprint density at radius 3 is 2.71 bits per heavy atom. The second kappa shape index (κ2) is 5.23. The van der Waals surface area contributed by atoms with Crippen LogP contribution in [0.2, 0.25) is 0 Å². The monoisotopic (exact) mass is 299 g/mol. The Hall–Kier alpha value is -1.49. The fourth-order valence-corrected chi connectivity index (χ4v) is 1.64. The Labute approximate surface area is 105 Å². The van der Waals surface area contributed by atoms with Gasteiger partial charge in [-0.25, -0.2) is 8.78 Å². The lowest BCUT2D eigenvalue weighted by molar-refractivity contribution is 0.301. The van der Waals surface area contributed by atoms with Crippen LogP contribution in [0.3, 0.4) is 0 Å². The highest BCUT2D eigenvalue weighted by Crippen LogP contribution is 2.26. The van der Waals surface area contributed by atoms with Crippen molar-refractivity contribution < 1.29 is 13.5 Å². The molecule has 1 heterocycles. The van der Waals surface area contributed by atoms with Gasteiger partial charge in [-0.3, -0.25) is 4.98 Å². The van der Waals surface area contributed by atoms with Crippen LogP contribution in [0, 0.1) is 11.6 Å². The van der Waals surface area contributed by atoms with E-state index in [4.69, 9.17) is 4.74 Å². The zero-order chi connectivity index (χ0) is 12.3. The summed E-state index contributed by atoms with van der Waals surface area (Å²) in [6.45, 7) is 0.132. The molecule has 0 unspecified atom stereocenters. The maximum Gasteiger partial charge on any atom is 0.141 e. The van der Waals surface area contributed by atoms with Crippen LogP contribution in [0.4, 0.5) is 8.78 Å². The molecule has 0 aliphatic heterocycles. The van der Waals surface area contributed by atoms with Crippen molar-refractivity contribution in [2.45, 2.75) is 6.61 Å². The summed E-state index contributed by atoms with van der Waals surface area (Å²) in [5, 5.41) is 0. The van der Waals surface area contributed by atoms with E-state index in [0.29, 0.717) is 15.8 Å². The molecule has 0 amide bonds. The normalized spacial score (nSPS) is 10.3. The number of pyridine rings is 1. The third-order valence-corrected chi connectivity index (χ3v) is 2.70. The SMILES string of the molecule is Fc1cncc(COc2cc(F)ccc2Br)c1. The van der Waals surface area contributed by atoms with Gasteiger partial charge in [0, 0.05) is 17.8 Å². The average Bonchev–Trinajstić information content (AvgIpc) is 2.30. The van der Waals surface area contributed by atoms with E-state index in [-0.39, 0.29) is 12.4 Å². The zero-order valence-corrected chi connectivity index (χ0v) is 10.2. The molecular weight excluding hydrogens is 292 g/mol. The Morgan fingerprint density at radius 2 is 1.94 bits per heavy atom. The lowest BCUT2D eigenvalue weighted by Gasteiger charge is -2.08. The highest BCUT2D eigenvalue weighted by atomic mass is 79.9. The standard InChI is InChI=1S/C12H8BrF2NO/c13-11-2-1-9(14)4-12(11)17-7-8-3-10(15)6-16-5-8/h1-6H,7H2. The van der Waals surface area contributed by atoms with Gasteiger partial charge in [-0.2, -0.15) is 0 Å². The Bertz CT molecular complexity index is 534. The molecule has 0 aliphatic rings. The van der Waals surface area contributed by atoms with E-state index in [1.165, 1.54) is 24.4 Å². The molecule has 0 spiro atoms. The van der Waals surface area contributed by atoms with Crippen LogP contribution in [0.1, 0.15) is 5.56 Å². The number of benzene rings is 1. The van der Waals surface area contributed by atoms with Crippen molar-refractivity contribution in [2.75, 3.05) is 0 Å². The minimum Gasteiger partial charge on any atom is -0.488 e. The molecule has 1 aromatic heterocycles. The van der Waals surface area contributed by atoms with Gasteiger partial charge >= 0.3 is 0 Å². The van der Waals surface area contributed by atoms with E-state index in [2.05, 4.69) is 20.9 Å². The van der Waals surface area contributed by atoms with Crippen LogP contribution >= 0.6 is 15.9 Å². The van der Waals surface area contributed by atoms with Crippen LogP contribution < -0.4 is 4.74 Å². The number of halogens is 3. The summed E-state index contributed by atoms with van der Waals surface area (Å²) in [5.41, 5.74) is 0.584. The number of ether oxygens (including phenoxy) is 1. The van der Waals surface area contributed by atoms with Crippen LogP contribution in [-0.4, -0.2) is 4.98 Å². The topological polar surface area (TPSA) is 22.1 Å². The first-order chi connectivity index (χ1) is 8.15. The van der Waals surface area contributed by atoms with Gasteiger partial charge in [-0.05, 0) is 34.1 Å². The summed E-state index contributed by atoms with van der Waals surface area (Å²) >= 11 is 3.24. The molecule has 0 atom stereocenters. The molecule has 0 N–H and O–H groups in total. The number of nitrogens with zero attached hydrogens (tertiary/aromatic N) is 1. The second-order valence-electron chi connectivity index (χ2n) is 3.37. The van der Waals surface area contributed by atoms with Crippen molar-refractivity contribution >= 4 is 15.9 Å². The van der Waals surface area contributed by atoms with Crippen LogP contribution in [0.15, 0.2) is 41.1 Å². The summed E-state index contributed by atoms with van der Waals surface area (Å²) in [7, 11) is 0. The third kappa shape index (κ3) is 3.23. The molecule has 2 nitrogen and oxygen atoms in total. The predicted octanol–water partition coefficient (Wildman–Crippen LogP) is 3.70. The number of hydrogen-bond donors (Lipinski definition) is 0. The highest BCUT2D eigenvalue weighted by Gasteiger charge is 2.04. The molecule has 0 aliphatic carbocycles. The summed E-state index contributed by atoms with van der Waals surface area (Å²) in [6.07, 6.45) is 2.61. The molecule has 5 heteroatoms. The van der Waals surface area contributed by atoms with Crippen molar-refractivity contribution in [3.05, 3.63) is 58.3 Å². The molecular formula is C12H8BrF2NO. The molecule has 1 aromatic carbocycles. The summed E-state index contributed by atoms with van der Waals surface area (Å²) in [6, 6.07) is 5.45. The van der Waals surface area contributed by atoms with Crippen LogP contribution in [0.25, 0.3) is 0 Å². The van der Waals surface area contributed by atoms with Gasteiger partial charge in [0.2, 0.25) is 0 Å². The van der Waals surface area contributed by atoms with E-state index in [1.54, 1.807) is 6.07 Å². The predicted molar refractivity (Wildman–Crippen MR) is 62.6 cm³/mol. The lowest BCUT2D eigenvalue weighted by atomic mass is 10.3. The van der Waals surface area contributed by atoms with Crippen molar-refractivity contribution in [1.82, 2.24) is 4.98 Å². The molecule has 2 rings (SSSR count). The van der Waals surface area contributed by atoms with Gasteiger partial charge in [0.15, 0.2) is 0 Å². The fraction of sp³-hybridized carbons (Fsp3) is 0.0833. The van der Waals surface area contributed by atoms with Gasteiger partial charge in [-0.15, -0.1) is 0 Å². The highest BCUT2D eigenvalue weighted by molar-refractivity contribution is 9.10. The van der Waals surface area contributed by atoms with Crippen LogP contribution in [-0.2, 0) is 6.61 Å². The summed E-state index contributed by atoms with van der Waals surface area (Å²) < 4.78 is 31.8. The van der Waals surface area contributed by atoms with Crippen LogP contribution in [0.5, 0.6) is 5.75 Å². The number of aromatic nitrogens is 1.